The first-order chi connectivity index (χ1) is 8.11. The quantitative estimate of drug-likeness (QED) is 0.834. The zero-order valence-electron chi connectivity index (χ0n) is 9.64. The molecule has 1 aromatic carbocycles. The van der Waals surface area contributed by atoms with Gasteiger partial charge in [-0.25, -0.2) is 4.79 Å². The molecule has 0 aliphatic heterocycles. The number of carbonyl (C=O) groups excluding carboxylic acids is 1. The molecule has 1 fully saturated rings. The molecule has 2 atom stereocenters. The lowest BCUT2D eigenvalue weighted by molar-refractivity contribution is 0.0697. The van der Waals surface area contributed by atoms with Gasteiger partial charge in [0.1, 0.15) is 0 Å². The number of carboxylic acid groups (broad SMARTS) is 1. The number of amides is 1. The molecule has 1 aliphatic carbocycles. The molecular formula is C13H15NO3. The first-order valence-corrected chi connectivity index (χ1v) is 5.76. The molecule has 0 aromatic heterocycles. The summed E-state index contributed by atoms with van der Waals surface area (Å²) in [6.07, 6.45) is 2.10. The van der Waals surface area contributed by atoms with E-state index in [2.05, 4.69) is 12.2 Å². The molecule has 2 N–H and O–H groups in total. The molecule has 0 spiro atoms. The van der Waals surface area contributed by atoms with Crippen molar-refractivity contribution in [2.24, 2.45) is 5.92 Å². The zero-order valence-corrected chi connectivity index (χ0v) is 9.64. The van der Waals surface area contributed by atoms with Gasteiger partial charge in [0.25, 0.3) is 5.91 Å². The minimum Gasteiger partial charge on any atom is -0.478 e. The van der Waals surface area contributed by atoms with E-state index in [4.69, 9.17) is 5.11 Å². The second-order valence-corrected chi connectivity index (χ2v) is 4.37. The fourth-order valence-corrected chi connectivity index (χ4v) is 1.92. The normalized spacial score (nSPS) is 21.9. The van der Waals surface area contributed by atoms with Crippen molar-refractivity contribution in [2.45, 2.75) is 25.8 Å². The van der Waals surface area contributed by atoms with Crippen LogP contribution in [0.15, 0.2) is 24.3 Å². The third kappa shape index (κ3) is 2.64. The van der Waals surface area contributed by atoms with Gasteiger partial charge in [-0.05, 0) is 30.5 Å². The number of rotatable bonds is 4. The molecule has 1 amide bonds. The lowest BCUT2D eigenvalue weighted by atomic mass is 10.1. The fourth-order valence-electron chi connectivity index (χ4n) is 1.92. The van der Waals surface area contributed by atoms with Gasteiger partial charge in [-0.3, -0.25) is 4.79 Å². The molecule has 1 aliphatic rings. The van der Waals surface area contributed by atoms with Gasteiger partial charge in [0.15, 0.2) is 0 Å². The van der Waals surface area contributed by atoms with Crippen LogP contribution in [0.25, 0.3) is 0 Å². The monoisotopic (exact) mass is 233 g/mol. The zero-order chi connectivity index (χ0) is 12.4. The average molecular weight is 233 g/mol. The Morgan fingerprint density at radius 1 is 1.41 bits per heavy atom. The highest BCUT2D eigenvalue weighted by Gasteiger charge is 2.36. The Morgan fingerprint density at radius 2 is 2.12 bits per heavy atom. The van der Waals surface area contributed by atoms with Gasteiger partial charge in [0, 0.05) is 11.6 Å². The van der Waals surface area contributed by atoms with E-state index in [9.17, 15) is 9.59 Å². The van der Waals surface area contributed by atoms with E-state index in [0.29, 0.717) is 11.5 Å². The first-order valence-electron chi connectivity index (χ1n) is 5.76. The highest BCUT2D eigenvalue weighted by atomic mass is 16.4. The van der Waals surface area contributed by atoms with Crippen molar-refractivity contribution in [1.82, 2.24) is 5.32 Å². The van der Waals surface area contributed by atoms with Crippen LogP contribution in [-0.4, -0.2) is 23.0 Å². The highest BCUT2D eigenvalue weighted by Crippen LogP contribution is 2.33. The maximum Gasteiger partial charge on any atom is 0.335 e. The molecule has 0 saturated heterocycles. The summed E-state index contributed by atoms with van der Waals surface area (Å²) in [6, 6.07) is 6.36. The Balaban J connectivity index is 2.04. The van der Waals surface area contributed by atoms with Gasteiger partial charge in [-0.1, -0.05) is 19.4 Å². The number of nitrogens with one attached hydrogen (secondary N) is 1. The van der Waals surface area contributed by atoms with Crippen LogP contribution in [0.1, 0.15) is 40.5 Å². The van der Waals surface area contributed by atoms with Crippen molar-refractivity contribution in [2.75, 3.05) is 0 Å². The predicted octanol–water partition coefficient (Wildman–Crippen LogP) is 1.91. The number of hydrogen-bond donors (Lipinski definition) is 2. The average Bonchev–Trinajstić information content (AvgIpc) is 3.07. The Morgan fingerprint density at radius 3 is 2.71 bits per heavy atom. The smallest absolute Gasteiger partial charge is 0.335 e. The summed E-state index contributed by atoms with van der Waals surface area (Å²) < 4.78 is 0. The summed E-state index contributed by atoms with van der Waals surface area (Å²) in [5.41, 5.74) is 0.548. The van der Waals surface area contributed by atoms with Gasteiger partial charge in [-0.15, -0.1) is 0 Å². The van der Waals surface area contributed by atoms with Gasteiger partial charge in [0.05, 0.1) is 5.56 Å². The number of benzene rings is 1. The largest absolute Gasteiger partial charge is 0.478 e. The van der Waals surface area contributed by atoms with Crippen LogP contribution >= 0.6 is 0 Å². The summed E-state index contributed by atoms with van der Waals surface area (Å²) in [5.74, 6) is -0.617. The van der Waals surface area contributed by atoms with Crippen molar-refractivity contribution in [3.05, 3.63) is 35.4 Å². The molecule has 2 unspecified atom stereocenters. The van der Waals surface area contributed by atoms with Gasteiger partial charge in [-0.2, -0.15) is 0 Å². The summed E-state index contributed by atoms with van der Waals surface area (Å²) in [4.78, 5) is 22.6. The van der Waals surface area contributed by atoms with Crippen LogP contribution in [0, 0.1) is 5.92 Å². The number of hydrogen-bond acceptors (Lipinski definition) is 2. The fraction of sp³-hybridized carbons (Fsp3) is 0.385. The molecule has 17 heavy (non-hydrogen) atoms. The summed E-state index contributed by atoms with van der Waals surface area (Å²) in [5, 5.41) is 11.7. The standard InChI is InChI=1S/C13H15NO3/c1-2-8-7-11(8)14-12(15)9-4-3-5-10(6-9)13(16)17/h3-6,8,11H,2,7H2,1H3,(H,14,15)(H,16,17). The SMILES string of the molecule is CCC1CC1NC(=O)c1cccc(C(=O)O)c1. The topological polar surface area (TPSA) is 66.4 Å². The second-order valence-electron chi connectivity index (χ2n) is 4.37. The van der Waals surface area contributed by atoms with Gasteiger partial charge in [0.2, 0.25) is 0 Å². The maximum absolute atomic E-state index is 11.8. The minimum atomic E-state index is -1.02. The van der Waals surface area contributed by atoms with Crippen molar-refractivity contribution in [3.8, 4) is 0 Å². The van der Waals surface area contributed by atoms with E-state index in [1.165, 1.54) is 12.1 Å². The predicted molar refractivity (Wildman–Crippen MR) is 63.1 cm³/mol. The lowest BCUT2D eigenvalue weighted by Crippen LogP contribution is -2.26. The molecule has 90 valence electrons. The molecule has 1 aromatic rings. The molecule has 2 rings (SSSR count). The maximum atomic E-state index is 11.8. The highest BCUT2D eigenvalue weighted by molar-refractivity contribution is 5.97. The Hall–Kier alpha value is -1.84. The van der Waals surface area contributed by atoms with E-state index in [1.54, 1.807) is 12.1 Å². The van der Waals surface area contributed by atoms with E-state index in [0.717, 1.165) is 12.8 Å². The Bertz CT molecular complexity index is 456. The van der Waals surface area contributed by atoms with Crippen LogP contribution in [0.4, 0.5) is 0 Å². The van der Waals surface area contributed by atoms with Gasteiger partial charge < -0.3 is 10.4 Å². The molecule has 4 nitrogen and oxygen atoms in total. The van der Waals surface area contributed by atoms with E-state index < -0.39 is 5.97 Å². The second kappa shape index (κ2) is 4.57. The molecule has 0 bridgehead atoms. The number of aromatic carboxylic acids is 1. The third-order valence-corrected chi connectivity index (χ3v) is 3.14. The molecule has 4 heteroatoms. The summed E-state index contributed by atoms with van der Waals surface area (Å²) in [7, 11) is 0. The van der Waals surface area contributed by atoms with Gasteiger partial charge >= 0.3 is 5.97 Å². The summed E-state index contributed by atoms with van der Waals surface area (Å²) >= 11 is 0. The summed E-state index contributed by atoms with van der Waals surface area (Å²) in [6.45, 7) is 2.10. The first kappa shape index (κ1) is 11.6. The van der Waals surface area contributed by atoms with Crippen LogP contribution in [-0.2, 0) is 0 Å². The van der Waals surface area contributed by atoms with Crippen LogP contribution in [0.2, 0.25) is 0 Å². The third-order valence-electron chi connectivity index (χ3n) is 3.14. The van der Waals surface area contributed by atoms with Crippen LogP contribution < -0.4 is 5.32 Å². The molecule has 0 heterocycles. The Kier molecular flexibility index (Phi) is 3.13. The number of carboxylic acids is 1. The molecular weight excluding hydrogens is 218 g/mol. The molecule has 1 saturated carbocycles. The van der Waals surface area contributed by atoms with Crippen molar-refractivity contribution in [3.63, 3.8) is 0 Å². The molecule has 0 radical (unpaired) electrons. The number of carbonyl (C=O) groups is 2. The van der Waals surface area contributed by atoms with E-state index in [-0.39, 0.29) is 17.5 Å². The van der Waals surface area contributed by atoms with Crippen molar-refractivity contribution < 1.29 is 14.7 Å². The van der Waals surface area contributed by atoms with E-state index in [1.807, 2.05) is 0 Å². The van der Waals surface area contributed by atoms with Crippen LogP contribution in [0.5, 0.6) is 0 Å². The van der Waals surface area contributed by atoms with Crippen LogP contribution in [0.3, 0.4) is 0 Å². The Labute approximate surface area is 99.6 Å². The van der Waals surface area contributed by atoms with Crippen molar-refractivity contribution >= 4 is 11.9 Å². The minimum absolute atomic E-state index is 0.139. The lowest BCUT2D eigenvalue weighted by Gasteiger charge is -2.04. The van der Waals surface area contributed by atoms with E-state index >= 15 is 0 Å². The van der Waals surface area contributed by atoms with Crippen molar-refractivity contribution in [1.29, 1.82) is 0 Å².